The molecular weight excluding hydrogens is 394 g/mol. The molecule has 0 atom stereocenters. The highest BCUT2D eigenvalue weighted by atomic mass is 35.5. The molecule has 2 aromatic rings. The van der Waals surface area contributed by atoms with Crippen molar-refractivity contribution in [2.45, 2.75) is 58.2 Å². The number of hydrogen-bond acceptors (Lipinski definition) is 4. The van der Waals surface area contributed by atoms with Crippen molar-refractivity contribution < 1.29 is 4.74 Å². The first-order valence-corrected chi connectivity index (χ1v) is 10.8. The average Bonchev–Trinajstić information content (AvgIpc) is 2.79. The normalized spacial score (nSPS) is 18.5. The molecule has 30 heavy (non-hydrogen) atoms. The van der Waals surface area contributed by atoms with Gasteiger partial charge in [0.05, 0.1) is 18.7 Å². The maximum absolute atomic E-state index is 9.00. The molecule has 2 aromatic carbocycles. The van der Waals surface area contributed by atoms with Gasteiger partial charge >= 0.3 is 0 Å². The summed E-state index contributed by atoms with van der Waals surface area (Å²) in [6, 6.07) is 17.6. The number of nitrogens with zero attached hydrogens (tertiary/aromatic N) is 2. The Kier molecular flexibility index (Phi) is 9.65. The van der Waals surface area contributed by atoms with E-state index in [9.17, 15) is 0 Å². The maximum atomic E-state index is 9.00. The van der Waals surface area contributed by atoms with Gasteiger partial charge in [0.15, 0.2) is 0 Å². The molecule has 0 unspecified atom stereocenters. The van der Waals surface area contributed by atoms with Crippen LogP contribution in [-0.4, -0.2) is 37.2 Å². The molecule has 5 heteroatoms. The van der Waals surface area contributed by atoms with E-state index in [4.69, 9.17) is 10.00 Å². The second-order valence-corrected chi connectivity index (χ2v) is 7.82. The summed E-state index contributed by atoms with van der Waals surface area (Å²) in [7, 11) is 1.73. The summed E-state index contributed by atoms with van der Waals surface area (Å²) in [4.78, 5) is 2.60. The Morgan fingerprint density at radius 3 is 2.20 bits per heavy atom. The molecule has 0 aromatic heterocycles. The van der Waals surface area contributed by atoms with Crippen molar-refractivity contribution in [1.29, 1.82) is 5.26 Å². The van der Waals surface area contributed by atoms with Crippen molar-refractivity contribution in [2.75, 3.05) is 20.2 Å². The topological polar surface area (TPSA) is 48.3 Å². The highest BCUT2D eigenvalue weighted by Crippen LogP contribution is 2.28. The molecule has 0 saturated heterocycles. The Hall–Kier alpha value is -2.06. The summed E-state index contributed by atoms with van der Waals surface area (Å²) < 4.78 is 5.60. The van der Waals surface area contributed by atoms with Crippen molar-refractivity contribution in [3.8, 4) is 22.9 Å². The van der Waals surface area contributed by atoms with E-state index in [2.05, 4.69) is 42.3 Å². The van der Waals surface area contributed by atoms with Gasteiger partial charge in [0.1, 0.15) is 5.75 Å². The maximum Gasteiger partial charge on any atom is 0.123 e. The van der Waals surface area contributed by atoms with Crippen molar-refractivity contribution in [3.05, 3.63) is 53.6 Å². The summed E-state index contributed by atoms with van der Waals surface area (Å²) in [5, 5.41) is 12.8. The molecule has 0 aliphatic heterocycles. The zero-order chi connectivity index (χ0) is 20.6. The minimum absolute atomic E-state index is 0. The quantitative estimate of drug-likeness (QED) is 0.612. The first-order valence-electron chi connectivity index (χ1n) is 10.8. The Morgan fingerprint density at radius 2 is 1.63 bits per heavy atom. The van der Waals surface area contributed by atoms with Gasteiger partial charge in [-0.3, -0.25) is 0 Å². The highest BCUT2D eigenvalue weighted by Gasteiger charge is 2.24. The molecule has 0 heterocycles. The molecule has 1 aliphatic carbocycles. The molecule has 1 saturated carbocycles. The first-order chi connectivity index (χ1) is 14.2. The van der Waals surface area contributed by atoms with E-state index >= 15 is 0 Å². The van der Waals surface area contributed by atoms with Gasteiger partial charge in [-0.05, 0) is 74.2 Å². The molecular formula is C25H34ClN3O. The zero-order valence-electron chi connectivity index (χ0n) is 18.4. The SMILES string of the molecule is CCN(CC)C1CCC(NCc2cc(-c3ccc(C#N)cc3)ccc2OC)CC1.Cl. The van der Waals surface area contributed by atoms with Crippen molar-refractivity contribution in [1.82, 2.24) is 10.2 Å². The van der Waals surface area contributed by atoms with E-state index in [0.717, 1.165) is 42.6 Å². The number of methoxy groups -OCH3 is 1. The van der Waals surface area contributed by atoms with Crippen LogP contribution in [0.4, 0.5) is 0 Å². The minimum Gasteiger partial charge on any atom is -0.496 e. The lowest BCUT2D eigenvalue weighted by Gasteiger charge is -2.36. The second kappa shape index (κ2) is 12.0. The fourth-order valence-corrected chi connectivity index (χ4v) is 4.47. The van der Waals surface area contributed by atoms with Crippen LogP contribution in [0.2, 0.25) is 0 Å². The number of benzene rings is 2. The van der Waals surface area contributed by atoms with E-state index in [1.54, 1.807) is 7.11 Å². The molecule has 0 radical (unpaired) electrons. The van der Waals surface area contributed by atoms with E-state index in [1.807, 2.05) is 30.3 Å². The van der Waals surface area contributed by atoms with Gasteiger partial charge in [0, 0.05) is 24.2 Å². The molecule has 0 amide bonds. The van der Waals surface area contributed by atoms with Crippen LogP contribution in [0.15, 0.2) is 42.5 Å². The van der Waals surface area contributed by atoms with Crippen LogP contribution < -0.4 is 10.1 Å². The van der Waals surface area contributed by atoms with Gasteiger partial charge in [-0.1, -0.05) is 32.0 Å². The summed E-state index contributed by atoms with van der Waals surface area (Å²) in [5.41, 5.74) is 4.13. The lowest BCUT2D eigenvalue weighted by Crippen LogP contribution is -2.42. The summed E-state index contributed by atoms with van der Waals surface area (Å²) in [6.45, 7) is 7.65. The number of ether oxygens (including phenoxy) is 1. The van der Waals surface area contributed by atoms with Gasteiger partial charge < -0.3 is 15.0 Å². The van der Waals surface area contributed by atoms with Crippen LogP contribution >= 0.6 is 12.4 Å². The third-order valence-electron chi connectivity index (χ3n) is 6.23. The van der Waals surface area contributed by atoms with Gasteiger partial charge in [0.25, 0.3) is 0 Å². The van der Waals surface area contributed by atoms with Crippen LogP contribution in [0.25, 0.3) is 11.1 Å². The zero-order valence-corrected chi connectivity index (χ0v) is 19.2. The largest absolute Gasteiger partial charge is 0.496 e. The third-order valence-corrected chi connectivity index (χ3v) is 6.23. The van der Waals surface area contributed by atoms with Crippen LogP contribution in [0.1, 0.15) is 50.7 Å². The van der Waals surface area contributed by atoms with E-state index in [-0.39, 0.29) is 12.4 Å². The number of nitrogens with one attached hydrogen (secondary N) is 1. The standard InChI is InChI=1S/C25H33N3O.ClH/c1-4-28(5-2)24-13-11-23(12-14-24)27-18-22-16-21(10-15-25(22)29-3)20-8-6-19(17-26)7-9-20;/h6-10,15-16,23-24,27H,4-5,11-14,18H2,1-3H3;1H. The molecule has 1 aliphatic rings. The second-order valence-electron chi connectivity index (χ2n) is 7.82. The average molecular weight is 428 g/mol. The number of hydrogen-bond donors (Lipinski definition) is 1. The van der Waals surface area contributed by atoms with Crippen molar-refractivity contribution in [2.24, 2.45) is 0 Å². The lowest BCUT2D eigenvalue weighted by molar-refractivity contribution is 0.156. The Bertz CT molecular complexity index is 819. The molecule has 162 valence electrons. The van der Waals surface area contributed by atoms with Crippen LogP contribution in [0, 0.1) is 11.3 Å². The minimum atomic E-state index is 0. The Morgan fingerprint density at radius 1 is 1.00 bits per heavy atom. The third kappa shape index (κ3) is 5.98. The first kappa shape index (κ1) is 24.2. The van der Waals surface area contributed by atoms with E-state index < -0.39 is 0 Å². The fourth-order valence-electron chi connectivity index (χ4n) is 4.47. The van der Waals surface area contributed by atoms with E-state index in [1.165, 1.54) is 31.2 Å². The number of nitriles is 1. The predicted molar refractivity (Wildman–Crippen MR) is 126 cm³/mol. The molecule has 0 bridgehead atoms. The number of rotatable bonds is 8. The van der Waals surface area contributed by atoms with Gasteiger partial charge in [-0.25, -0.2) is 0 Å². The van der Waals surface area contributed by atoms with Crippen LogP contribution in [0.5, 0.6) is 5.75 Å². The van der Waals surface area contributed by atoms with E-state index in [0.29, 0.717) is 11.6 Å². The van der Waals surface area contributed by atoms with Gasteiger partial charge in [-0.2, -0.15) is 5.26 Å². The highest BCUT2D eigenvalue weighted by molar-refractivity contribution is 5.85. The predicted octanol–water partition coefficient (Wildman–Crippen LogP) is 5.40. The monoisotopic (exact) mass is 427 g/mol. The van der Waals surface area contributed by atoms with Crippen molar-refractivity contribution >= 4 is 12.4 Å². The molecule has 3 rings (SSSR count). The lowest BCUT2D eigenvalue weighted by atomic mass is 9.90. The summed E-state index contributed by atoms with van der Waals surface area (Å²) in [6.07, 6.45) is 5.03. The van der Waals surface area contributed by atoms with Gasteiger partial charge in [-0.15, -0.1) is 12.4 Å². The van der Waals surface area contributed by atoms with Crippen LogP contribution in [0.3, 0.4) is 0 Å². The summed E-state index contributed by atoms with van der Waals surface area (Å²) >= 11 is 0. The Balaban J connectivity index is 0.00000320. The van der Waals surface area contributed by atoms with Crippen LogP contribution in [-0.2, 0) is 6.54 Å². The Labute approximate surface area is 187 Å². The molecule has 0 spiro atoms. The molecule has 1 N–H and O–H groups in total. The smallest absolute Gasteiger partial charge is 0.123 e. The molecule has 4 nitrogen and oxygen atoms in total. The summed E-state index contributed by atoms with van der Waals surface area (Å²) in [5.74, 6) is 0.923. The number of halogens is 1. The molecule has 1 fully saturated rings. The van der Waals surface area contributed by atoms with Crippen molar-refractivity contribution in [3.63, 3.8) is 0 Å². The van der Waals surface area contributed by atoms with Gasteiger partial charge in [0.2, 0.25) is 0 Å². The fraction of sp³-hybridized carbons (Fsp3) is 0.480.